The molecule has 2 aliphatic heterocycles. The summed E-state index contributed by atoms with van der Waals surface area (Å²) in [4.78, 5) is 4.54. The number of rotatable bonds is 2. The summed E-state index contributed by atoms with van der Waals surface area (Å²) in [7, 11) is -0.565. The molecule has 0 spiro atoms. The second kappa shape index (κ2) is 5.54. The standard InChI is InChI=1S/C11H20N2OS2/c1-8(2)10-7-12-11(15-10)13-9-3-5-16(14)6-4-9/h8-10H,3-7H2,1-2H3,(H,12,13). The maximum absolute atomic E-state index is 11.2. The van der Waals surface area contributed by atoms with Crippen LogP contribution in [0, 0.1) is 5.92 Å². The van der Waals surface area contributed by atoms with E-state index in [-0.39, 0.29) is 0 Å². The van der Waals surface area contributed by atoms with Crippen LogP contribution in [0.5, 0.6) is 0 Å². The number of nitrogens with one attached hydrogen (secondary N) is 1. The van der Waals surface area contributed by atoms with Gasteiger partial charge in [-0.15, -0.1) is 0 Å². The smallest absolute Gasteiger partial charge is 0.157 e. The van der Waals surface area contributed by atoms with Gasteiger partial charge in [0.25, 0.3) is 0 Å². The molecule has 92 valence electrons. The first kappa shape index (κ1) is 12.4. The predicted molar refractivity (Wildman–Crippen MR) is 72.6 cm³/mol. The van der Waals surface area contributed by atoms with Gasteiger partial charge in [-0.25, -0.2) is 0 Å². The average Bonchev–Trinajstić information content (AvgIpc) is 2.70. The molecule has 2 aliphatic rings. The molecule has 0 bridgehead atoms. The van der Waals surface area contributed by atoms with Crippen LogP contribution < -0.4 is 5.32 Å². The van der Waals surface area contributed by atoms with Gasteiger partial charge < -0.3 is 5.32 Å². The van der Waals surface area contributed by atoms with E-state index in [1.54, 1.807) is 0 Å². The van der Waals surface area contributed by atoms with Gasteiger partial charge in [0, 0.05) is 33.6 Å². The molecule has 0 aromatic carbocycles. The van der Waals surface area contributed by atoms with E-state index in [1.165, 1.54) is 0 Å². The van der Waals surface area contributed by atoms with Crippen molar-refractivity contribution in [1.29, 1.82) is 0 Å². The fourth-order valence-electron chi connectivity index (χ4n) is 1.93. The van der Waals surface area contributed by atoms with Crippen LogP contribution in [0.15, 0.2) is 4.99 Å². The lowest BCUT2D eigenvalue weighted by molar-refractivity contribution is 0.554. The number of hydrogen-bond donors (Lipinski definition) is 1. The van der Waals surface area contributed by atoms with Crippen LogP contribution in [0.25, 0.3) is 0 Å². The molecular weight excluding hydrogens is 240 g/mol. The lowest BCUT2D eigenvalue weighted by atomic mass is 10.1. The van der Waals surface area contributed by atoms with Crippen LogP contribution in [0.3, 0.4) is 0 Å². The Kier molecular flexibility index (Phi) is 4.30. The Labute approximate surface area is 104 Å². The molecule has 1 atom stereocenters. The number of amidine groups is 1. The van der Waals surface area contributed by atoms with Gasteiger partial charge in [-0.3, -0.25) is 9.20 Å². The summed E-state index contributed by atoms with van der Waals surface area (Å²) < 4.78 is 11.2. The van der Waals surface area contributed by atoms with E-state index in [0.29, 0.717) is 17.2 Å². The van der Waals surface area contributed by atoms with E-state index in [1.807, 2.05) is 11.8 Å². The van der Waals surface area contributed by atoms with Crippen molar-refractivity contribution in [3.8, 4) is 0 Å². The molecule has 5 heteroatoms. The second-order valence-corrected chi connectivity index (χ2v) is 7.74. The predicted octanol–water partition coefficient (Wildman–Crippen LogP) is 1.61. The monoisotopic (exact) mass is 260 g/mol. The van der Waals surface area contributed by atoms with Crippen molar-refractivity contribution < 1.29 is 4.21 Å². The SMILES string of the molecule is CC(C)C1CN=C(NC2CCS(=O)CC2)S1. The largest absolute Gasteiger partial charge is 0.362 e. The highest BCUT2D eigenvalue weighted by Crippen LogP contribution is 2.26. The zero-order valence-electron chi connectivity index (χ0n) is 9.94. The minimum atomic E-state index is -0.565. The number of hydrogen-bond acceptors (Lipinski definition) is 4. The Bertz CT molecular complexity index is 294. The van der Waals surface area contributed by atoms with Crippen LogP contribution in [0.2, 0.25) is 0 Å². The molecule has 0 saturated carbocycles. The molecule has 0 aliphatic carbocycles. The summed E-state index contributed by atoms with van der Waals surface area (Å²) in [5, 5.41) is 5.25. The summed E-state index contributed by atoms with van der Waals surface area (Å²) in [5.41, 5.74) is 0. The third kappa shape index (κ3) is 3.23. The van der Waals surface area contributed by atoms with E-state index >= 15 is 0 Å². The molecule has 1 saturated heterocycles. The topological polar surface area (TPSA) is 41.5 Å². The van der Waals surface area contributed by atoms with E-state index in [2.05, 4.69) is 24.2 Å². The molecule has 1 fully saturated rings. The van der Waals surface area contributed by atoms with Gasteiger partial charge in [0.2, 0.25) is 0 Å². The van der Waals surface area contributed by atoms with Gasteiger partial charge >= 0.3 is 0 Å². The van der Waals surface area contributed by atoms with Gasteiger partial charge in [0.15, 0.2) is 5.17 Å². The van der Waals surface area contributed by atoms with Crippen molar-refractivity contribution >= 4 is 27.7 Å². The Balaban J connectivity index is 1.77. The Morgan fingerprint density at radius 2 is 2.12 bits per heavy atom. The van der Waals surface area contributed by atoms with Crippen molar-refractivity contribution in [3.63, 3.8) is 0 Å². The zero-order valence-corrected chi connectivity index (χ0v) is 11.6. The van der Waals surface area contributed by atoms with Crippen LogP contribution >= 0.6 is 11.8 Å². The molecule has 1 N–H and O–H groups in total. The highest BCUT2D eigenvalue weighted by molar-refractivity contribution is 8.14. The molecule has 2 rings (SSSR count). The van der Waals surface area contributed by atoms with E-state index in [4.69, 9.17) is 0 Å². The van der Waals surface area contributed by atoms with Crippen LogP contribution in [-0.2, 0) is 10.8 Å². The number of aliphatic imine (C=N–C) groups is 1. The van der Waals surface area contributed by atoms with E-state index < -0.39 is 10.8 Å². The first-order valence-electron chi connectivity index (χ1n) is 5.98. The molecule has 0 aromatic heterocycles. The Morgan fingerprint density at radius 1 is 1.44 bits per heavy atom. The minimum absolute atomic E-state index is 0.495. The lowest BCUT2D eigenvalue weighted by Crippen LogP contribution is -2.38. The molecule has 0 amide bonds. The minimum Gasteiger partial charge on any atom is -0.362 e. The Hall–Kier alpha value is -0.0300. The summed E-state index contributed by atoms with van der Waals surface area (Å²) >= 11 is 1.88. The number of thioether (sulfide) groups is 1. The average molecular weight is 260 g/mol. The quantitative estimate of drug-likeness (QED) is 0.820. The third-order valence-electron chi connectivity index (χ3n) is 3.14. The molecule has 2 heterocycles. The normalized spacial score (nSPS) is 35.2. The van der Waals surface area contributed by atoms with Gasteiger partial charge in [0.1, 0.15) is 0 Å². The van der Waals surface area contributed by atoms with E-state index in [9.17, 15) is 4.21 Å². The van der Waals surface area contributed by atoms with Crippen molar-refractivity contribution in [3.05, 3.63) is 0 Å². The third-order valence-corrected chi connectivity index (χ3v) is 5.99. The molecule has 0 aromatic rings. The van der Waals surface area contributed by atoms with Crippen LogP contribution in [-0.4, -0.2) is 38.7 Å². The number of nitrogens with zero attached hydrogens (tertiary/aromatic N) is 1. The molecule has 1 unspecified atom stereocenters. The molecule has 0 radical (unpaired) electrons. The maximum atomic E-state index is 11.2. The Morgan fingerprint density at radius 3 is 2.69 bits per heavy atom. The summed E-state index contributed by atoms with van der Waals surface area (Å²) in [6.45, 7) is 5.45. The summed E-state index contributed by atoms with van der Waals surface area (Å²) in [5.74, 6) is 2.39. The van der Waals surface area contributed by atoms with Gasteiger partial charge in [-0.1, -0.05) is 25.6 Å². The summed E-state index contributed by atoms with van der Waals surface area (Å²) in [6.07, 6.45) is 2.05. The van der Waals surface area contributed by atoms with Crippen LogP contribution in [0.1, 0.15) is 26.7 Å². The fourth-order valence-corrected chi connectivity index (χ4v) is 4.32. The van der Waals surface area contributed by atoms with Gasteiger partial charge in [0.05, 0.1) is 6.54 Å². The maximum Gasteiger partial charge on any atom is 0.157 e. The first-order chi connectivity index (χ1) is 7.65. The summed E-state index contributed by atoms with van der Waals surface area (Å²) in [6, 6.07) is 0.495. The van der Waals surface area contributed by atoms with Crippen molar-refractivity contribution in [2.24, 2.45) is 10.9 Å². The van der Waals surface area contributed by atoms with Crippen molar-refractivity contribution in [1.82, 2.24) is 5.32 Å². The molecule has 16 heavy (non-hydrogen) atoms. The highest BCUT2D eigenvalue weighted by atomic mass is 32.2. The molecule has 3 nitrogen and oxygen atoms in total. The van der Waals surface area contributed by atoms with Gasteiger partial charge in [-0.05, 0) is 18.8 Å². The van der Waals surface area contributed by atoms with E-state index in [0.717, 1.165) is 36.1 Å². The van der Waals surface area contributed by atoms with Gasteiger partial charge in [-0.2, -0.15) is 0 Å². The second-order valence-electron chi connectivity index (χ2n) is 4.81. The van der Waals surface area contributed by atoms with Crippen molar-refractivity contribution in [2.75, 3.05) is 18.1 Å². The highest BCUT2D eigenvalue weighted by Gasteiger charge is 2.25. The first-order valence-corrected chi connectivity index (χ1v) is 8.34. The fraction of sp³-hybridized carbons (Fsp3) is 0.909. The van der Waals surface area contributed by atoms with Crippen molar-refractivity contribution in [2.45, 2.75) is 38.0 Å². The lowest BCUT2D eigenvalue weighted by Gasteiger charge is -2.23. The molecular formula is C11H20N2OS2. The zero-order chi connectivity index (χ0) is 11.5. The van der Waals surface area contributed by atoms with Crippen LogP contribution in [0.4, 0.5) is 0 Å².